The number of nitrogens with two attached hydrogens (primary N) is 1. The highest BCUT2D eigenvalue weighted by Gasteiger charge is 1.96. The number of carbonyl (C=O) groups is 1. The van der Waals surface area contributed by atoms with E-state index in [4.69, 9.17) is 10.5 Å². The Morgan fingerprint density at radius 2 is 1.04 bits per heavy atom. The van der Waals surface area contributed by atoms with E-state index in [9.17, 15) is 4.79 Å². The van der Waals surface area contributed by atoms with E-state index in [0.29, 0.717) is 6.61 Å². The monoisotopic (exact) mass is 356 g/mol. The number of carbonyl (C=O) groups excluding carboxylic acids is 1. The largest absolute Gasteiger partial charge is 0.450 e. The summed E-state index contributed by atoms with van der Waals surface area (Å²) in [6.45, 7) is 5.26. The average molecular weight is 357 g/mol. The fourth-order valence-electron chi connectivity index (χ4n) is 2.82. The summed E-state index contributed by atoms with van der Waals surface area (Å²) in [6, 6.07) is 0. The minimum atomic E-state index is -0.652. The Morgan fingerprint density at radius 1 is 0.720 bits per heavy atom. The summed E-state index contributed by atoms with van der Waals surface area (Å²) in [5, 5.41) is 3.00. The minimum Gasteiger partial charge on any atom is -0.450 e. The second kappa shape index (κ2) is 21.3. The van der Waals surface area contributed by atoms with E-state index in [1.165, 1.54) is 103 Å². The van der Waals surface area contributed by atoms with Crippen molar-refractivity contribution in [3.63, 3.8) is 0 Å². The molecule has 1 aliphatic rings. The van der Waals surface area contributed by atoms with Crippen LogP contribution in [-0.2, 0) is 4.74 Å². The van der Waals surface area contributed by atoms with Crippen LogP contribution in [0.4, 0.5) is 4.79 Å². The van der Waals surface area contributed by atoms with E-state index in [2.05, 4.69) is 12.2 Å². The lowest BCUT2D eigenvalue weighted by atomic mass is 10.0. The zero-order valence-electron chi connectivity index (χ0n) is 16.8. The van der Waals surface area contributed by atoms with Gasteiger partial charge in [-0.1, -0.05) is 103 Å². The van der Waals surface area contributed by atoms with E-state index in [1.807, 2.05) is 0 Å². The summed E-state index contributed by atoms with van der Waals surface area (Å²) in [4.78, 5) is 10.4. The molecular weight excluding hydrogens is 312 g/mol. The Hall–Kier alpha value is -0.770. The number of hydrogen-bond donors (Lipinski definition) is 2. The molecule has 0 aromatic heterocycles. The first kappa shape index (κ1) is 24.2. The number of hydrogen-bond acceptors (Lipinski definition) is 3. The van der Waals surface area contributed by atoms with Gasteiger partial charge in [-0.05, 0) is 6.42 Å². The highest BCUT2D eigenvalue weighted by molar-refractivity contribution is 5.64. The number of nitrogens with one attached hydrogen (secondary N) is 1. The molecule has 1 rings (SSSR count). The predicted molar refractivity (Wildman–Crippen MR) is 108 cm³/mol. The van der Waals surface area contributed by atoms with Crippen LogP contribution in [0.3, 0.4) is 0 Å². The van der Waals surface area contributed by atoms with Crippen LogP contribution in [0.5, 0.6) is 0 Å². The fraction of sp³-hybridized carbons (Fsp3) is 0.952. The van der Waals surface area contributed by atoms with Gasteiger partial charge in [0.05, 0.1) is 6.61 Å². The SMILES string of the molecule is C1CN1.CCCCCCCCCCCCCCCCCCOC(N)=O. The number of unbranched alkanes of at least 4 members (excludes halogenated alkanes) is 15. The van der Waals surface area contributed by atoms with E-state index in [-0.39, 0.29) is 0 Å². The van der Waals surface area contributed by atoms with Crippen molar-refractivity contribution in [1.82, 2.24) is 5.32 Å². The van der Waals surface area contributed by atoms with Crippen molar-refractivity contribution in [3.05, 3.63) is 0 Å². The van der Waals surface area contributed by atoms with Crippen molar-refractivity contribution in [1.29, 1.82) is 0 Å². The van der Waals surface area contributed by atoms with Gasteiger partial charge >= 0.3 is 6.09 Å². The van der Waals surface area contributed by atoms with Crippen LogP contribution in [0, 0.1) is 0 Å². The van der Waals surface area contributed by atoms with Crippen molar-refractivity contribution >= 4 is 6.09 Å². The van der Waals surface area contributed by atoms with Gasteiger partial charge in [-0.25, -0.2) is 4.79 Å². The Kier molecular flexibility index (Phi) is 20.6. The van der Waals surface area contributed by atoms with Gasteiger partial charge in [0.25, 0.3) is 0 Å². The van der Waals surface area contributed by atoms with E-state index < -0.39 is 6.09 Å². The molecule has 4 nitrogen and oxygen atoms in total. The molecule has 1 aliphatic heterocycles. The molecule has 1 heterocycles. The standard InChI is InChI=1S/C19H39NO2.C2H5N/c1-2-3-4-5-6-7-8-9-10-11-12-13-14-15-16-17-18-22-19(20)21;1-2-3-1/h2-18H2,1H3,(H2,20,21);3H,1-2H2. The van der Waals surface area contributed by atoms with Gasteiger partial charge in [-0.15, -0.1) is 0 Å². The molecule has 0 aromatic carbocycles. The van der Waals surface area contributed by atoms with Gasteiger partial charge in [0.15, 0.2) is 0 Å². The summed E-state index contributed by atoms with van der Waals surface area (Å²) < 4.78 is 4.70. The number of ether oxygens (including phenoxy) is 1. The molecule has 0 bridgehead atoms. The topological polar surface area (TPSA) is 74.3 Å². The molecule has 0 atom stereocenters. The molecule has 0 unspecified atom stereocenters. The number of rotatable bonds is 17. The van der Waals surface area contributed by atoms with Crippen LogP contribution >= 0.6 is 0 Å². The normalized spacial score (nSPS) is 12.4. The molecule has 3 N–H and O–H groups in total. The maximum Gasteiger partial charge on any atom is 0.404 e. The summed E-state index contributed by atoms with van der Waals surface area (Å²) in [5.74, 6) is 0. The molecule has 25 heavy (non-hydrogen) atoms. The molecule has 150 valence electrons. The van der Waals surface area contributed by atoms with Crippen LogP contribution < -0.4 is 11.1 Å². The molecule has 1 amide bonds. The van der Waals surface area contributed by atoms with Crippen LogP contribution in [0.2, 0.25) is 0 Å². The quantitative estimate of drug-likeness (QED) is 0.250. The minimum absolute atomic E-state index is 0.480. The van der Waals surface area contributed by atoms with Crippen molar-refractivity contribution < 1.29 is 9.53 Å². The molecule has 0 spiro atoms. The second-order valence-corrected chi connectivity index (χ2v) is 7.22. The third-order valence-electron chi connectivity index (χ3n) is 4.49. The number of primary amides is 1. The van der Waals surface area contributed by atoms with Gasteiger partial charge < -0.3 is 15.8 Å². The maximum atomic E-state index is 10.4. The van der Waals surface area contributed by atoms with Gasteiger partial charge in [-0.3, -0.25) is 0 Å². The molecule has 0 radical (unpaired) electrons. The first-order chi connectivity index (χ1) is 12.3. The molecule has 0 aromatic rings. The first-order valence-electron chi connectivity index (χ1n) is 10.9. The highest BCUT2D eigenvalue weighted by atomic mass is 16.5. The van der Waals surface area contributed by atoms with Crippen LogP contribution in [0.1, 0.15) is 110 Å². The van der Waals surface area contributed by atoms with Crippen molar-refractivity contribution in [2.24, 2.45) is 5.73 Å². The third kappa shape index (κ3) is 28.3. The first-order valence-corrected chi connectivity index (χ1v) is 10.9. The van der Waals surface area contributed by atoms with E-state index in [1.54, 1.807) is 0 Å². The molecule has 0 saturated carbocycles. The average Bonchev–Trinajstić information content (AvgIpc) is 3.46. The summed E-state index contributed by atoms with van der Waals surface area (Å²) in [6.07, 6.45) is 21.0. The van der Waals surface area contributed by atoms with E-state index in [0.717, 1.165) is 12.8 Å². The maximum absolute atomic E-state index is 10.4. The van der Waals surface area contributed by atoms with E-state index >= 15 is 0 Å². The van der Waals surface area contributed by atoms with Crippen LogP contribution in [-0.4, -0.2) is 25.8 Å². The molecule has 1 saturated heterocycles. The summed E-state index contributed by atoms with van der Waals surface area (Å²) in [7, 11) is 0. The summed E-state index contributed by atoms with van der Waals surface area (Å²) >= 11 is 0. The Bertz CT molecular complexity index is 268. The van der Waals surface area contributed by atoms with Gasteiger partial charge in [0, 0.05) is 13.1 Å². The molecule has 4 heteroatoms. The Morgan fingerprint density at radius 3 is 1.32 bits per heavy atom. The lowest BCUT2D eigenvalue weighted by Gasteiger charge is -2.04. The molecule has 1 fully saturated rings. The molecular formula is C21H44N2O2. The Balaban J connectivity index is 0.00000171. The fourth-order valence-corrected chi connectivity index (χ4v) is 2.82. The van der Waals surface area contributed by atoms with Crippen LogP contribution in [0.15, 0.2) is 0 Å². The van der Waals surface area contributed by atoms with Gasteiger partial charge in [0.2, 0.25) is 0 Å². The smallest absolute Gasteiger partial charge is 0.404 e. The molecule has 0 aliphatic carbocycles. The van der Waals surface area contributed by atoms with Gasteiger partial charge in [-0.2, -0.15) is 0 Å². The lowest BCUT2D eigenvalue weighted by molar-refractivity contribution is 0.154. The van der Waals surface area contributed by atoms with Crippen molar-refractivity contribution in [3.8, 4) is 0 Å². The highest BCUT2D eigenvalue weighted by Crippen LogP contribution is 2.13. The van der Waals surface area contributed by atoms with Crippen LogP contribution in [0.25, 0.3) is 0 Å². The second-order valence-electron chi connectivity index (χ2n) is 7.22. The van der Waals surface area contributed by atoms with Crippen molar-refractivity contribution in [2.45, 2.75) is 110 Å². The zero-order valence-corrected chi connectivity index (χ0v) is 16.8. The Labute approximate surface area is 156 Å². The third-order valence-corrected chi connectivity index (χ3v) is 4.49. The lowest BCUT2D eigenvalue weighted by Crippen LogP contribution is -2.13. The summed E-state index contributed by atoms with van der Waals surface area (Å²) in [5.41, 5.74) is 4.90. The van der Waals surface area contributed by atoms with Crippen molar-refractivity contribution in [2.75, 3.05) is 19.7 Å². The van der Waals surface area contributed by atoms with Gasteiger partial charge in [0.1, 0.15) is 0 Å². The zero-order chi connectivity index (χ0) is 18.4. The number of amides is 1. The predicted octanol–water partition coefficient (Wildman–Crippen LogP) is 5.93.